The quantitative estimate of drug-likeness (QED) is 0.580. The lowest BCUT2D eigenvalue weighted by Crippen LogP contribution is -2.25. The van der Waals surface area contributed by atoms with Crippen LogP contribution in [0.25, 0.3) is 6.08 Å². The van der Waals surface area contributed by atoms with Crippen molar-refractivity contribution in [1.29, 1.82) is 0 Å². The molecule has 0 saturated carbocycles. The Bertz CT molecular complexity index is 1010. The highest BCUT2D eigenvalue weighted by Gasteiger charge is 2.32. The number of nitrogens with zero attached hydrogens (tertiary/aromatic N) is 2. The van der Waals surface area contributed by atoms with Crippen LogP contribution in [0.2, 0.25) is 0 Å². The number of carbonyl (C=O) groups is 1. The van der Waals surface area contributed by atoms with Crippen LogP contribution in [-0.4, -0.2) is 16.6 Å². The molecular formula is C24H19FN2O. The summed E-state index contributed by atoms with van der Waals surface area (Å²) in [5.41, 5.74) is 3.57. The van der Waals surface area contributed by atoms with Crippen molar-refractivity contribution in [3.8, 4) is 0 Å². The summed E-state index contributed by atoms with van der Waals surface area (Å²) < 4.78 is 13.3. The smallest absolute Gasteiger partial charge is 0.267 e. The molecule has 0 bridgehead atoms. The molecule has 1 aliphatic rings. The third-order valence-corrected chi connectivity index (χ3v) is 4.72. The largest absolute Gasteiger partial charge is 0.268 e. The Kier molecular flexibility index (Phi) is 5.11. The Hall–Kier alpha value is -3.53. The maximum absolute atomic E-state index is 13.3. The third-order valence-electron chi connectivity index (χ3n) is 4.72. The number of rotatable bonds is 4. The molecule has 0 aromatic heterocycles. The lowest BCUT2D eigenvalue weighted by Gasteiger charge is -2.20. The predicted molar refractivity (Wildman–Crippen MR) is 109 cm³/mol. The molecule has 0 fully saturated rings. The molecular weight excluding hydrogens is 351 g/mol. The van der Waals surface area contributed by atoms with Gasteiger partial charge in [0.05, 0.1) is 11.8 Å². The van der Waals surface area contributed by atoms with Gasteiger partial charge in [0, 0.05) is 12.5 Å². The van der Waals surface area contributed by atoms with Gasteiger partial charge in [-0.1, -0.05) is 72.8 Å². The number of amides is 1. The van der Waals surface area contributed by atoms with E-state index in [-0.39, 0.29) is 17.8 Å². The maximum atomic E-state index is 13.3. The number of hydrogen-bond donors (Lipinski definition) is 0. The van der Waals surface area contributed by atoms with Gasteiger partial charge in [-0.2, -0.15) is 5.10 Å². The second kappa shape index (κ2) is 8.01. The standard InChI is InChI=1S/C24H19FN2O/c25-21-14-12-19(13-15-21)22-17-23(20-9-5-2-6-10-20)27(26-22)24(28)16-11-18-7-3-1-4-8-18/h1-16,23H,17H2. The first-order valence-electron chi connectivity index (χ1n) is 9.15. The molecule has 3 aromatic rings. The fourth-order valence-corrected chi connectivity index (χ4v) is 3.27. The maximum Gasteiger partial charge on any atom is 0.267 e. The molecule has 4 rings (SSSR count). The van der Waals surface area contributed by atoms with Gasteiger partial charge in [0.15, 0.2) is 0 Å². The lowest BCUT2D eigenvalue weighted by molar-refractivity contribution is -0.127. The monoisotopic (exact) mass is 370 g/mol. The van der Waals surface area contributed by atoms with E-state index in [0.717, 1.165) is 22.4 Å². The molecule has 28 heavy (non-hydrogen) atoms. The van der Waals surface area contributed by atoms with Crippen LogP contribution in [0, 0.1) is 5.82 Å². The molecule has 0 radical (unpaired) electrons. The fourth-order valence-electron chi connectivity index (χ4n) is 3.27. The minimum absolute atomic E-state index is 0.185. The highest BCUT2D eigenvalue weighted by molar-refractivity contribution is 6.04. The van der Waals surface area contributed by atoms with Gasteiger partial charge in [-0.25, -0.2) is 9.40 Å². The van der Waals surface area contributed by atoms with E-state index in [4.69, 9.17) is 0 Å². The van der Waals surface area contributed by atoms with Gasteiger partial charge in [-0.05, 0) is 34.9 Å². The van der Waals surface area contributed by atoms with Crippen LogP contribution in [0.5, 0.6) is 0 Å². The zero-order chi connectivity index (χ0) is 19.3. The van der Waals surface area contributed by atoms with Crippen LogP contribution in [0.1, 0.15) is 29.2 Å². The molecule has 4 heteroatoms. The molecule has 1 aliphatic heterocycles. The highest BCUT2D eigenvalue weighted by atomic mass is 19.1. The summed E-state index contributed by atoms with van der Waals surface area (Å²) in [4.78, 5) is 12.9. The molecule has 0 N–H and O–H groups in total. The van der Waals surface area contributed by atoms with E-state index >= 15 is 0 Å². The number of hydrazone groups is 1. The minimum Gasteiger partial charge on any atom is -0.268 e. The van der Waals surface area contributed by atoms with Gasteiger partial charge in [-0.15, -0.1) is 0 Å². The van der Waals surface area contributed by atoms with Gasteiger partial charge in [0.2, 0.25) is 0 Å². The number of halogens is 1. The number of hydrogen-bond acceptors (Lipinski definition) is 2. The molecule has 3 nitrogen and oxygen atoms in total. The van der Waals surface area contributed by atoms with Crippen LogP contribution in [0.15, 0.2) is 96.1 Å². The van der Waals surface area contributed by atoms with Gasteiger partial charge in [-0.3, -0.25) is 4.79 Å². The number of carbonyl (C=O) groups excluding carboxylic acids is 1. The molecule has 0 spiro atoms. The summed E-state index contributed by atoms with van der Waals surface area (Å²) in [6.45, 7) is 0. The third kappa shape index (κ3) is 3.91. The first kappa shape index (κ1) is 17.9. The average molecular weight is 370 g/mol. The van der Waals surface area contributed by atoms with E-state index in [1.165, 1.54) is 17.1 Å². The molecule has 1 amide bonds. The van der Waals surface area contributed by atoms with E-state index in [2.05, 4.69) is 5.10 Å². The van der Waals surface area contributed by atoms with Gasteiger partial charge in [0.1, 0.15) is 5.82 Å². The Morgan fingerprint density at radius 1 is 0.929 bits per heavy atom. The van der Waals surface area contributed by atoms with Crippen molar-refractivity contribution >= 4 is 17.7 Å². The van der Waals surface area contributed by atoms with Crippen molar-refractivity contribution in [3.63, 3.8) is 0 Å². The van der Waals surface area contributed by atoms with Gasteiger partial charge < -0.3 is 0 Å². The molecule has 0 aliphatic carbocycles. The average Bonchev–Trinajstić information content (AvgIpc) is 3.19. The molecule has 3 aromatic carbocycles. The Balaban J connectivity index is 1.64. The van der Waals surface area contributed by atoms with E-state index in [1.54, 1.807) is 24.3 Å². The van der Waals surface area contributed by atoms with Crippen LogP contribution in [0.3, 0.4) is 0 Å². The first-order chi connectivity index (χ1) is 13.7. The van der Waals surface area contributed by atoms with E-state index < -0.39 is 0 Å². The van der Waals surface area contributed by atoms with Crippen molar-refractivity contribution in [1.82, 2.24) is 5.01 Å². The Morgan fingerprint density at radius 3 is 2.25 bits per heavy atom. The summed E-state index contributed by atoms with van der Waals surface area (Å²) in [6.07, 6.45) is 3.92. The van der Waals surface area contributed by atoms with Crippen LogP contribution >= 0.6 is 0 Å². The summed E-state index contributed by atoms with van der Waals surface area (Å²) in [7, 11) is 0. The van der Waals surface area contributed by atoms with Crippen LogP contribution < -0.4 is 0 Å². The molecule has 138 valence electrons. The summed E-state index contributed by atoms with van der Waals surface area (Å²) in [5.74, 6) is -0.476. The van der Waals surface area contributed by atoms with E-state index in [9.17, 15) is 9.18 Å². The second-order valence-corrected chi connectivity index (χ2v) is 6.61. The first-order valence-corrected chi connectivity index (χ1v) is 9.15. The zero-order valence-corrected chi connectivity index (χ0v) is 15.2. The van der Waals surface area contributed by atoms with Crippen molar-refractivity contribution < 1.29 is 9.18 Å². The topological polar surface area (TPSA) is 32.7 Å². The molecule has 1 atom stereocenters. The van der Waals surface area contributed by atoms with Gasteiger partial charge in [0.25, 0.3) is 5.91 Å². The van der Waals surface area contributed by atoms with Crippen molar-refractivity contribution in [2.24, 2.45) is 5.10 Å². The minimum atomic E-state index is -0.291. The number of benzene rings is 3. The molecule has 1 heterocycles. The van der Waals surface area contributed by atoms with Crippen molar-refractivity contribution in [2.45, 2.75) is 12.5 Å². The Morgan fingerprint density at radius 2 is 1.57 bits per heavy atom. The molecule has 1 unspecified atom stereocenters. The summed E-state index contributed by atoms with van der Waals surface area (Å²) in [5, 5.41) is 6.11. The lowest BCUT2D eigenvalue weighted by atomic mass is 9.98. The van der Waals surface area contributed by atoms with Crippen molar-refractivity contribution in [2.75, 3.05) is 0 Å². The van der Waals surface area contributed by atoms with E-state index in [0.29, 0.717) is 6.42 Å². The zero-order valence-electron chi connectivity index (χ0n) is 15.2. The summed E-state index contributed by atoms with van der Waals surface area (Å²) in [6, 6.07) is 25.5. The normalized spacial score (nSPS) is 16.4. The van der Waals surface area contributed by atoms with Crippen molar-refractivity contribution in [3.05, 3.63) is 114 Å². The van der Waals surface area contributed by atoms with E-state index in [1.807, 2.05) is 60.7 Å². The summed E-state index contributed by atoms with van der Waals surface area (Å²) >= 11 is 0. The SMILES string of the molecule is O=C(C=Cc1ccccc1)N1N=C(c2ccc(F)cc2)CC1c1ccccc1. The fraction of sp³-hybridized carbons (Fsp3) is 0.0833. The van der Waals surface area contributed by atoms with Crippen LogP contribution in [0.4, 0.5) is 4.39 Å². The predicted octanol–water partition coefficient (Wildman–Crippen LogP) is 5.22. The van der Waals surface area contributed by atoms with Crippen LogP contribution in [-0.2, 0) is 4.79 Å². The molecule has 0 saturated heterocycles. The highest BCUT2D eigenvalue weighted by Crippen LogP contribution is 2.33. The second-order valence-electron chi connectivity index (χ2n) is 6.61. The Labute approximate surface area is 163 Å². The van der Waals surface area contributed by atoms with Gasteiger partial charge >= 0.3 is 0 Å².